The van der Waals surface area contributed by atoms with Crippen molar-refractivity contribution in [2.75, 3.05) is 60.1 Å². The molecule has 0 saturated carbocycles. The minimum atomic E-state index is 0. The molecule has 5 nitrogen and oxygen atoms in total. The molecule has 1 amide bonds. The summed E-state index contributed by atoms with van der Waals surface area (Å²) in [6.45, 7) is 11.6. The number of morpholine rings is 1. The van der Waals surface area contributed by atoms with Crippen molar-refractivity contribution in [2.45, 2.75) is 46.0 Å². The predicted molar refractivity (Wildman–Crippen MR) is 114 cm³/mol. The molecule has 1 heterocycles. The van der Waals surface area contributed by atoms with Crippen LogP contribution in [0.5, 0.6) is 5.75 Å². The van der Waals surface area contributed by atoms with Crippen LogP contribution in [-0.2, 0) is 9.53 Å². The molecule has 1 aliphatic heterocycles. The highest BCUT2D eigenvalue weighted by Gasteiger charge is 2.25. The van der Waals surface area contributed by atoms with Crippen LogP contribution in [0.2, 0.25) is 0 Å². The SMILES string of the molecule is Cc1ccc(C(C)C)c(OCCCCC[N+](C)(C)CC(=O)N2CCOCC2)c1.[Br-]. The van der Waals surface area contributed by atoms with Crippen molar-refractivity contribution in [3.8, 4) is 5.75 Å². The fourth-order valence-electron chi connectivity index (χ4n) is 3.60. The van der Waals surface area contributed by atoms with Gasteiger partial charge in [-0.25, -0.2) is 0 Å². The van der Waals surface area contributed by atoms with Gasteiger partial charge in [0, 0.05) is 13.1 Å². The Balaban J connectivity index is 0.00000420. The number of nitrogens with zero attached hydrogens (tertiary/aromatic N) is 2. The average Bonchev–Trinajstić information content (AvgIpc) is 2.64. The molecule has 0 aromatic heterocycles. The molecule has 0 bridgehead atoms. The maximum atomic E-state index is 12.5. The Morgan fingerprint density at radius 1 is 1.17 bits per heavy atom. The number of carbonyl (C=O) groups excluding carboxylic acids is 1. The van der Waals surface area contributed by atoms with Crippen molar-refractivity contribution < 1.29 is 35.7 Å². The molecule has 0 aliphatic carbocycles. The Hall–Kier alpha value is -1.11. The number of hydrogen-bond donors (Lipinski definition) is 0. The summed E-state index contributed by atoms with van der Waals surface area (Å²) in [7, 11) is 4.30. The summed E-state index contributed by atoms with van der Waals surface area (Å²) < 4.78 is 12.2. The van der Waals surface area contributed by atoms with Crippen molar-refractivity contribution in [3.05, 3.63) is 29.3 Å². The number of benzene rings is 1. The highest BCUT2D eigenvalue weighted by Crippen LogP contribution is 2.27. The molecule has 2 rings (SSSR count). The fourth-order valence-corrected chi connectivity index (χ4v) is 3.60. The minimum absolute atomic E-state index is 0. The molecular weight excluding hydrogens is 432 g/mol. The van der Waals surface area contributed by atoms with Gasteiger partial charge < -0.3 is 35.8 Å². The van der Waals surface area contributed by atoms with E-state index >= 15 is 0 Å². The summed E-state index contributed by atoms with van der Waals surface area (Å²) in [5.41, 5.74) is 2.52. The first-order valence-electron chi connectivity index (χ1n) is 10.7. The van der Waals surface area contributed by atoms with Crippen molar-refractivity contribution in [1.82, 2.24) is 4.90 Å². The second-order valence-electron chi connectivity index (χ2n) is 8.92. The smallest absolute Gasteiger partial charge is 0.277 e. The zero-order valence-electron chi connectivity index (χ0n) is 18.9. The molecular formula is C23H39BrN2O3. The van der Waals surface area contributed by atoms with E-state index in [0.29, 0.717) is 25.7 Å². The minimum Gasteiger partial charge on any atom is -1.00 e. The fraction of sp³-hybridized carbons (Fsp3) is 0.696. The number of aryl methyl sites for hydroxylation is 1. The highest BCUT2D eigenvalue weighted by atomic mass is 79.9. The lowest BCUT2D eigenvalue weighted by Gasteiger charge is -2.33. The van der Waals surface area contributed by atoms with Gasteiger partial charge in [0.15, 0.2) is 6.54 Å². The lowest BCUT2D eigenvalue weighted by molar-refractivity contribution is -0.883. The van der Waals surface area contributed by atoms with Gasteiger partial charge in [0.25, 0.3) is 5.91 Å². The van der Waals surface area contributed by atoms with Gasteiger partial charge in [-0.1, -0.05) is 26.0 Å². The van der Waals surface area contributed by atoms with Gasteiger partial charge in [-0.3, -0.25) is 4.79 Å². The van der Waals surface area contributed by atoms with E-state index in [1.54, 1.807) is 0 Å². The Morgan fingerprint density at radius 2 is 1.86 bits per heavy atom. The molecule has 0 N–H and O–H groups in total. The van der Waals surface area contributed by atoms with Crippen molar-refractivity contribution >= 4 is 5.91 Å². The van der Waals surface area contributed by atoms with E-state index in [1.165, 1.54) is 11.1 Å². The average molecular weight is 471 g/mol. The number of hydrogen-bond acceptors (Lipinski definition) is 3. The van der Waals surface area contributed by atoms with E-state index in [1.807, 2.05) is 4.90 Å². The topological polar surface area (TPSA) is 38.8 Å². The van der Waals surface area contributed by atoms with Gasteiger partial charge in [-0.05, 0) is 49.3 Å². The number of amides is 1. The van der Waals surface area contributed by atoms with Crippen LogP contribution in [0.15, 0.2) is 18.2 Å². The normalized spacial score (nSPS) is 14.6. The van der Waals surface area contributed by atoms with Crippen LogP contribution in [0, 0.1) is 6.92 Å². The Labute approximate surface area is 187 Å². The highest BCUT2D eigenvalue weighted by molar-refractivity contribution is 5.77. The molecule has 6 heteroatoms. The zero-order chi connectivity index (χ0) is 20.6. The third-order valence-corrected chi connectivity index (χ3v) is 5.38. The van der Waals surface area contributed by atoms with E-state index in [2.05, 4.69) is 53.1 Å². The van der Waals surface area contributed by atoms with E-state index < -0.39 is 0 Å². The monoisotopic (exact) mass is 470 g/mol. The largest absolute Gasteiger partial charge is 1.00 e. The van der Waals surface area contributed by atoms with Gasteiger partial charge >= 0.3 is 0 Å². The van der Waals surface area contributed by atoms with Crippen LogP contribution in [-0.4, -0.2) is 75.4 Å². The lowest BCUT2D eigenvalue weighted by Crippen LogP contribution is -3.00. The maximum absolute atomic E-state index is 12.5. The predicted octanol–water partition coefficient (Wildman–Crippen LogP) is 0.607. The lowest BCUT2D eigenvalue weighted by atomic mass is 10.0. The van der Waals surface area contributed by atoms with Crippen LogP contribution < -0.4 is 21.7 Å². The van der Waals surface area contributed by atoms with Crippen molar-refractivity contribution in [3.63, 3.8) is 0 Å². The van der Waals surface area contributed by atoms with Gasteiger partial charge in [0.05, 0.1) is 40.5 Å². The van der Waals surface area contributed by atoms with Crippen LogP contribution >= 0.6 is 0 Å². The molecule has 1 aliphatic rings. The molecule has 166 valence electrons. The number of carbonyl (C=O) groups is 1. The number of unbranched alkanes of at least 4 members (excludes halogenated alkanes) is 2. The van der Waals surface area contributed by atoms with Crippen molar-refractivity contribution in [2.24, 2.45) is 0 Å². The Kier molecular flexibility index (Phi) is 11.2. The van der Waals surface area contributed by atoms with Crippen LogP contribution in [0.25, 0.3) is 0 Å². The number of ether oxygens (including phenoxy) is 2. The Morgan fingerprint density at radius 3 is 2.52 bits per heavy atom. The number of quaternary nitrogens is 1. The summed E-state index contributed by atoms with van der Waals surface area (Å²) in [6, 6.07) is 6.48. The van der Waals surface area contributed by atoms with E-state index in [-0.39, 0.29) is 22.9 Å². The molecule has 0 radical (unpaired) electrons. The van der Waals surface area contributed by atoms with Crippen LogP contribution in [0.3, 0.4) is 0 Å². The second-order valence-corrected chi connectivity index (χ2v) is 8.92. The molecule has 29 heavy (non-hydrogen) atoms. The third kappa shape index (κ3) is 9.06. The standard InChI is InChI=1S/C23H39N2O3.BrH/c1-19(2)21-10-9-20(3)17-22(21)28-14-8-6-7-13-25(4,5)18-23(26)24-11-15-27-16-12-24;/h9-10,17,19H,6-8,11-16,18H2,1-5H3;1H/q+1;/p-1. The van der Waals surface area contributed by atoms with E-state index in [9.17, 15) is 4.79 Å². The van der Waals surface area contributed by atoms with E-state index in [4.69, 9.17) is 9.47 Å². The van der Waals surface area contributed by atoms with E-state index in [0.717, 1.165) is 55.7 Å². The molecule has 0 atom stereocenters. The number of rotatable bonds is 10. The summed E-state index contributed by atoms with van der Waals surface area (Å²) in [4.78, 5) is 14.4. The molecule has 1 aromatic rings. The molecule has 1 saturated heterocycles. The van der Waals surface area contributed by atoms with Crippen LogP contribution in [0.4, 0.5) is 0 Å². The van der Waals surface area contributed by atoms with Gasteiger partial charge in [-0.2, -0.15) is 0 Å². The Bertz CT molecular complexity index is 629. The first-order valence-corrected chi connectivity index (χ1v) is 10.7. The first kappa shape index (κ1) is 25.9. The quantitative estimate of drug-likeness (QED) is 0.371. The number of halogens is 1. The second kappa shape index (κ2) is 12.6. The summed E-state index contributed by atoms with van der Waals surface area (Å²) in [5, 5.41) is 0. The van der Waals surface area contributed by atoms with Gasteiger partial charge in [0.2, 0.25) is 0 Å². The molecule has 1 aromatic carbocycles. The van der Waals surface area contributed by atoms with Gasteiger partial charge in [0.1, 0.15) is 5.75 Å². The number of likely N-dealkylation sites (N-methyl/N-ethyl adjacent to an activating group) is 1. The first-order chi connectivity index (χ1) is 13.3. The van der Waals surface area contributed by atoms with Crippen molar-refractivity contribution in [1.29, 1.82) is 0 Å². The van der Waals surface area contributed by atoms with Gasteiger partial charge in [-0.15, -0.1) is 0 Å². The third-order valence-electron chi connectivity index (χ3n) is 5.38. The summed E-state index contributed by atoms with van der Waals surface area (Å²) in [5.74, 6) is 1.75. The molecule has 0 spiro atoms. The molecule has 1 fully saturated rings. The summed E-state index contributed by atoms with van der Waals surface area (Å²) >= 11 is 0. The maximum Gasteiger partial charge on any atom is 0.277 e. The van der Waals surface area contributed by atoms with Crippen LogP contribution in [0.1, 0.15) is 50.2 Å². The molecule has 0 unspecified atom stereocenters. The zero-order valence-corrected chi connectivity index (χ0v) is 20.5. The summed E-state index contributed by atoms with van der Waals surface area (Å²) in [6.07, 6.45) is 3.27.